The third kappa shape index (κ3) is 3.91. The SMILES string of the molecule is CC1CN(CCC2COCCN2)CC(C)S1. The zero-order chi connectivity index (χ0) is 11.4. The Labute approximate surface area is 103 Å². The number of morpholine rings is 1. The first-order valence-electron chi connectivity index (χ1n) is 6.43. The molecule has 94 valence electrons. The van der Waals surface area contributed by atoms with Gasteiger partial charge in [0.1, 0.15) is 0 Å². The van der Waals surface area contributed by atoms with Crippen molar-refractivity contribution in [3.8, 4) is 0 Å². The fourth-order valence-corrected chi connectivity index (χ4v) is 4.00. The van der Waals surface area contributed by atoms with Gasteiger partial charge in [0.15, 0.2) is 0 Å². The molecule has 2 heterocycles. The third-order valence-corrected chi connectivity index (χ3v) is 4.51. The first-order chi connectivity index (χ1) is 7.74. The minimum absolute atomic E-state index is 0.578. The Morgan fingerprint density at radius 2 is 2.06 bits per heavy atom. The van der Waals surface area contributed by atoms with E-state index in [2.05, 4.69) is 35.8 Å². The molecule has 1 N–H and O–H groups in total. The van der Waals surface area contributed by atoms with Crippen molar-refractivity contribution in [2.24, 2.45) is 0 Å². The molecule has 3 unspecified atom stereocenters. The van der Waals surface area contributed by atoms with E-state index in [0.717, 1.165) is 30.3 Å². The molecule has 2 aliphatic heterocycles. The number of hydrogen-bond donors (Lipinski definition) is 1. The Hall–Kier alpha value is 0.230. The van der Waals surface area contributed by atoms with Gasteiger partial charge in [0.05, 0.1) is 13.2 Å². The largest absolute Gasteiger partial charge is 0.379 e. The Bertz CT molecular complexity index is 199. The number of hydrogen-bond acceptors (Lipinski definition) is 4. The van der Waals surface area contributed by atoms with Crippen molar-refractivity contribution < 1.29 is 4.74 Å². The van der Waals surface area contributed by atoms with Crippen molar-refractivity contribution in [3.05, 3.63) is 0 Å². The lowest BCUT2D eigenvalue weighted by atomic mass is 10.2. The van der Waals surface area contributed by atoms with Crippen LogP contribution in [0, 0.1) is 0 Å². The standard InChI is InChI=1S/C12H24N2OS/c1-10-7-14(8-11(2)16-10)5-3-12-9-15-6-4-13-12/h10-13H,3-9H2,1-2H3. The summed E-state index contributed by atoms with van der Waals surface area (Å²) in [6.45, 7) is 11.2. The topological polar surface area (TPSA) is 24.5 Å². The van der Waals surface area contributed by atoms with E-state index in [4.69, 9.17) is 4.74 Å². The smallest absolute Gasteiger partial charge is 0.0620 e. The van der Waals surface area contributed by atoms with Crippen molar-refractivity contribution in [2.75, 3.05) is 39.4 Å². The van der Waals surface area contributed by atoms with Gasteiger partial charge in [0.2, 0.25) is 0 Å². The van der Waals surface area contributed by atoms with Crippen molar-refractivity contribution >= 4 is 11.8 Å². The van der Waals surface area contributed by atoms with Crippen molar-refractivity contribution in [2.45, 2.75) is 36.8 Å². The molecule has 0 aromatic heterocycles. The number of nitrogens with zero attached hydrogens (tertiary/aromatic N) is 1. The van der Waals surface area contributed by atoms with Gasteiger partial charge in [-0.3, -0.25) is 0 Å². The molecule has 0 spiro atoms. The van der Waals surface area contributed by atoms with Crippen molar-refractivity contribution in [1.82, 2.24) is 10.2 Å². The highest BCUT2D eigenvalue weighted by Crippen LogP contribution is 2.24. The fraction of sp³-hybridized carbons (Fsp3) is 1.00. The van der Waals surface area contributed by atoms with E-state index in [9.17, 15) is 0 Å². The van der Waals surface area contributed by atoms with Gasteiger partial charge in [-0.1, -0.05) is 13.8 Å². The van der Waals surface area contributed by atoms with Gasteiger partial charge < -0.3 is 15.0 Å². The summed E-state index contributed by atoms with van der Waals surface area (Å²) in [5.74, 6) is 0. The lowest BCUT2D eigenvalue weighted by Gasteiger charge is -2.35. The van der Waals surface area contributed by atoms with Crippen LogP contribution < -0.4 is 5.32 Å². The molecule has 2 saturated heterocycles. The minimum Gasteiger partial charge on any atom is -0.379 e. The molecular formula is C12H24N2OS. The Balaban J connectivity index is 1.68. The normalized spacial score (nSPS) is 37.5. The zero-order valence-electron chi connectivity index (χ0n) is 10.4. The molecule has 3 nitrogen and oxygen atoms in total. The van der Waals surface area contributed by atoms with E-state index in [0.29, 0.717) is 6.04 Å². The van der Waals surface area contributed by atoms with Gasteiger partial charge in [-0.15, -0.1) is 0 Å². The molecule has 4 heteroatoms. The highest BCUT2D eigenvalue weighted by Gasteiger charge is 2.23. The van der Waals surface area contributed by atoms with E-state index in [-0.39, 0.29) is 0 Å². The first kappa shape index (κ1) is 12.7. The first-order valence-corrected chi connectivity index (χ1v) is 7.37. The fourth-order valence-electron chi connectivity index (χ4n) is 2.61. The van der Waals surface area contributed by atoms with Crippen molar-refractivity contribution in [1.29, 1.82) is 0 Å². The summed E-state index contributed by atoms with van der Waals surface area (Å²) in [5.41, 5.74) is 0. The monoisotopic (exact) mass is 244 g/mol. The van der Waals surface area contributed by atoms with Crippen LogP contribution in [0.25, 0.3) is 0 Å². The summed E-state index contributed by atoms with van der Waals surface area (Å²) in [6, 6.07) is 0.578. The van der Waals surface area contributed by atoms with Crippen LogP contribution in [0.4, 0.5) is 0 Å². The molecule has 0 radical (unpaired) electrons. The highest BCUT2D eigenvalue weighted by molar-refractivity contribution is 8.00. The number of ether oxygens (including phenoxy) is 1. The van der Waals surface area contributed by atoms with Gasteiger partial charge in [-0.25, -0.2) is 0 Å². The molecule has 0 aromatic carbocycles. The lowest BCUT2D eigenvalue weighted by Crippen LogP contribution is -2.46. The van der Waals surface area contributed by atoms with Crippen LogP contribution in [0.5, 0.6) is 0 Å². The predicted molar refractivity (Wildman–Crippen MR) is 70.2 cm³/mol. The second-order valence-corrected chi connectivity index (χ2v) is 6.91. The maximum atomic E-state index is 5.48. The lowest BCUT2D eigenvalue weighted by molar-refractivity contribution is 0.0698. The average Bonchev–Trinajstić information content (AvgIpc) is 2.27. The van der Waals surface area contributed by atoms with Gasteiger partial charge in [0, 0.05) is 36.2 Å². The molecule has 16 heavy (non-hydrogen) atoms. The van der Waals surface area contributed by atoms with Crippen LogP contribution in [0.2, 0.25) is 0 Å². The summed E-state index contributed by atoms with van der Waals surface area (Å²) in [6.07, 6.45) is 1.23. The third-order valence-electron chi connectivity index (χ3n) is 3.29. The van der Waals surface area contributed by atoms with E-state index in [1.165, 1.54) is 26.1 Å². The van der Waals surface area contributed by atoms with E-state index in [1.807, 2.05) is 0 Å². The molecule has 3 atom stereocenters. The summed E-state index contributed by atoms with van der Waals surface area (Å²) < 4.78 is 5.48. The summed E-state index contributed by atoms with van der Waals surface area (Å²) in [7, 11) is 0. The molecule has 0 bridgehead atoms. The second kappa shape index (κ2) is 6.24. The van der Waals surface area contributed by atoms with Gasteiger partial charge in [0.25, 0.3) is 0 Å². The van der Waals surface area contributed by atoms with Crippen molar-refractivity contribution in [3.63, 3.8) is 0 Å². The van der Waals surface area contributed by atoms with Crippen LogP contribution in [0.3, 0.4) is 0 Å². The summed E-state index contributed by atoms with van der Waals surface area (Å²) in [5, 5.41) is 5.11. The number of nitrogens with one attached hydrogen (secondary N) is 1. The van der Waals surface area contributed by atoms with Crippen LogP contribution in [0.1, 0.15) is 20.3 Å². The molecule has 0 aliphatic carbocycles. The quantitative estimate of drug-likeness (QED) is 0.806. The zero-order valence-corrected chi connectivity index (χ0v) is 11.3. The van der Waals surface area contributed by atoms with Gasteiger partial charge in [-0.05, 0) is 13.0 Å². The summed E-state index contributed by atoms with van der Waals surface area (Å²) >= 11 is 2.12. The Morgan fingerprint density at radius 1 is 1.31 bits per heavy atom. The maximum absolute atomic E-state index is 5.48. The molecule has 2 aliphatic rings. The maximum Gasteiger partial charge on any atom is 0.0620 e. The van der Waals surface area contributed by atoms with Crippen LogP contribution in [-0.2, 0) is 4.74 Å². The second-order valence-electron chi connectivity index (χ2n) is 5.03. The van der Waals surface area contributed by atoms with Gasteiger partial charge >= 0.3 is 0 Å². The van der Waals surface area contributed by atoms with Crippen LogP contribution in [-0.4, -0.2) is 60.8 Å². The van der Waals surface area contributed by atoms with Crippen LogP contribution in [0.15, 0.2) is 0 Å². The number of rotatable bonds is 3. The highest BCUT2D eigenvalue weighted by atomic mass is 32.2. The molecule has 0 saturated carbocycles. The average molecular weight is 244 g/mol. The molecule has 0 amide bonds. The molecular weight excluding hydrogens is 220 g/mol. The Kier molecular flexibility index (Phi) is 4.95. The minimum atomic E-state index is 0.578. The molecule has 2 fully saturated rings. The summed E-state index contributed by atoms with van der Waals surface area (Å²) in [4.78, 5) is 2.61. The Morgan fingerprint density at radius 3 is 2.69 bits per heavy atom. The predicted octanol–water partition coefficient (Wildman–Crippen LogP) is 1.19. The van der Waals surface area contributed by atoms with Crippen LogP contribution >= 0.6 is 11.8 Å². The van der Waals surface area contributed by atoms with E-state index >= 15 is 0 Å². The van der Waals surface area contributed by atoms with E-state index < -0.39 is 0 Å². The number of thioether (sulfide) groups is 1. The van der Waals surface area contributed by atoms with E-state index in [1.54, 1.807) is 0 Å². The van der Waals surface area contributed by atoms with Gasteiger partial charge in [-0.2, -0.15) is 11.8 Å². The molecule has 0 aromatic rings. The molecule has 2 rings (SSSR count).